The standard InChI is InChI=1S/C12H21N3/c1-11-6-8-13-15(11)10-7-12-5-3-4-9-14(12)2/h6,8,12H,3-5,7,9-10H2,1-2H3. The number of likely N-dealkylation sites (tertiary alicyclic amines) is 1. The van der Waals surface area contributed by atoms with E-state index in [1.165, 1.54) is 37.9 Å². The van der Waals surface area contributed by atoms with Gasteiger partial charge >= 0.3 is 0 Å². The fourth-order valence-corrected chi connectivity index (χ4v) is 2.41. The fraction of sp³-hybridized carbons (Fsp3) is 0.750. The summed E-state index contributed by atoms with van der Waals surface area (Å²) in [6.45, 7) is 4.45. The zero-order valence-electron chi connectivity index (χ0n) is 9.82. The van der Waals surface area contributed by atoms with Crippen LogP contribution in [0.15, 0.2) is 12.3 Å². The van der Waals surface area contributed by atoms with Crippen LogP contribution in [0.3, 0.4) is 0 Å². The van der Waals surface area contributed by atoms with Crippen molar-refractivity contribution in [3.05, 3.63) is 18.0 Å². The number of rotatable bonds is 3. The number of aryl methyl sites for hydroxylation is 2. The van der Waals surface area contributed by atoms with Crippen LogP contribution in [0.5, 0.6) is 0 Å². The molecule has 1 aromatic rings. The quantitative estimate of drug-likeness (QED) is 0.756. The van der Waals surface area contributed by atoms with Crippen LogP contribution < -0.4 is 0 Å². The van der Waals surface area contributed by atoms with Gasteiger partial charge in [-0.1, -0.05) is 6.42 Å². The lowest BCUT2D eigenvalue weighted by Gasteiger charge is -2.32. The predicted molar refractivity (Wildman–Crippen MR) is 61.9 cm³/mol. The van der Waals surface area contributed by atoms with Crippen molar-refractivity contribution in [1.29, 1.82) is 0 Å². The maximum Gasteiger partial charge on any atom is 0.0492 e. The van der Waals surface area contributed by atoms with Gasteiger partial charge in [0.25, 0.3) is 0 Å². The van der Waals surface area contributed by atoms with Crippen molar-refractivity contribution in [3.63, 3.8) is 0 Å². The smallest absolute Gasteiger partial charge is 0.0492 e. The molecule has 0 aliphatic carbocycles. The molecule has 0 saturated carbocycles. The van der Waals surface area contributed by atoms with Gasteiger partial charge in [0.1, 0.15) is 0 Å². The minimum Gasteiger partial charge on any atom is -0.303 e. The van der Waals surface area contributed by atoms with Crippen molar-refractivity contribution in [2.75, 3.05) is 13.6 Å². The molecule has 1 unspecified atom stereocenters. The van der Waals surface area contributed by atoms with Crippen LogP contribution in [0.1, 0.15) is 31.4 Å². The van der Waals surface area contributed by atoms with Crippen molar-refractivity contribution in [2.24, 2.45) is 0 Å². The Morgan fingerprint density at radius 2 is 2.33 bits per heavy atom. The second-order valence-electron chi connectivity index (χ2n) is 4.61. The molecular formula is C12H21N3. The summed E-state index contributed by atoms with van der Waals surface area (Å²) in [5.74, 6) is 0. The van der Waals surface area contributed by atoms with Gasteiger partial charge in [-0.3, -0.25) is 4.68 Å². The molecule has 1 aliphatic rings. The lowest BCUT2D eigenvalue weighted by Crippen LogP contribution is -2.36. The van der Waals surface area contributed by atoms with E-state index in [0.717, 1.165) is 12.6 Å². The van der Waals surface area contributed by atoms with E-state index in [1.54, 1.807) is 0 Å². The number of piperidine rings is 1. The molecular weight excluding hydrogens is 186 g/mol. The van der Waals surface area contributed by atoms with Gasteiger partial charge in [0.05, 0.1) is 0 Å². The highest BCUT2D eigenvalue weighted by Crippen LogP contribution is 2.18. The average molecular weight is 207 g/mol. The molecule has 1 aliphatic heterocycles. The van der Waals surface area contributed by atoms with Crippen molar-refractivity contribution in [3.8, 4) is 0 Å². The van der Waals surface area contributed by atoms with Crippen LogP contribution in [0, 0.1) is 6.92 Å². The first kappa shape index (κ1) is 10.7. The summed E-state index contributed by atoms with van der Waals surface area (Å²) in [4.78, 5) is 2.50. The molecule has 0 bridgehead atoms. The first-order chi connectivity index (χ1) is 7.27. The molecule has 1 fully saturated rings. The zero-order valence-corrected chi connectivity index (χ0v) is 9.82. The van der Waals surface area contributed by atoms with Crippen molar-refractivity contribution in [2.45, 2.75) is 45.2 Å². The van der Waals surface area contributed by atoms with E-state index in [2.05, 4.69) is 34.7 Å². The number of nitrogens with zero attached hydrogens (tertiary/aromatic N) is 3. The third-order valence-corrected chi connectivity index (χ3v) is 3.52. The summed E-state index contributed by atoms with van der Waals surface area (Å²) in [7, 11) is 2.25. The Hall–Kier alpha value is -0.830. The minimum absolute atomic E-state index is 0.766. The van der Waals surface area contributed by atoms with Crippen LogP contribution in [-0.4, -0.2) is 34.3 Å². The van der Waals surface area contributed by atoms with Crippen LogP contribution in [-0.2, 0) is 6.54 Å². The highest BCUT2D eigenvalue weighted by atomic mass is 15.3. The average Bonchev–Trinajstić information content (AvgIpc) is 2.63. The first-order valence-corrected chi connectivity index (χ1v) is 5.96. The van der Waals surface area contributed by atoms with Crippen LogP contribution in [0.4, 0.5) is 0 Å². The van der Waals surface area contributed by atoms with E-state index in [0.29, 0.717) is 0 Å². The summed E-state index contributed by atoms with van der Waals surface area (Å²) in [6.07, 6.45) is 7.25. The fourth-order valence-electron chi connectivity index (χ4n) is 2.41. The van der Waals surface area contributed by atoms with Crippen LogP contribution in [0.25, 0.3) is 0 Å². The summed E-state index contributed by atoms with van der Waals surface area (Å²) in [5, 5.41) is 4.32. The van der Waals surface area contributed by atoms with E-state index < -0.39 is 0 Å². The number of hydrogen-bond donors (Lipinski definition) is 0. The number of aromatic nitrogens is 2. The lowest BCUT2D eigenvalue weighted by molar-refractivity contribution is 0.169. The first-order valence-electron chi connectivity index (χ1n) is 5.96. The highest BCUT2D eigenvalue weighted by Gasteiger charge is 2.18. The predicted octanol–water partition coefficient (Wildman–Crippen LogP) is 2.07. The maximum absolute atomic E-state index is 4.32. The van der Waals surface area contributed by atoms with Gasteiger partial charge in [-0.25, -0.2) is 0 Å². The maximum atomic E-state index is 4.32. The molecule has 0 radical (unpaired) electrons. The highest BCUT2D eigenvalue weighted by molar-refractivity contribution is 4.96. The van der Waals surface area contributed by atoms with E-state index in [4.69, 9.17) is 0 Å². The van der Waals surface area contributed by atoms with E-state index in [-0.39, 0.29) is 0 Å². The van der Waals surface area contributed by atoms with Gasteiger partial charge in [-0.2, -0.15) is 5.10 Å². The summed E-state index contributed by atoms with van der Waals surface area (Å²) in [5.41, 5.74) is 1.27. The van der Waals surface area contributed by atoms with Gasteiger partial charge in [-0.15, -0.1) is 0 Å². The molecule has 0 N–H and O–H groups in total. The molecule has 3 nitrogen and oxygen atoms in total. The summed E-state index contributed by atoms with van der Waals surface area (Å²) in [6, 6.07) is 2.84. The molecule has 1 atom stereocenters. The minimum atomic E-state index is 0.766. The lowest BCUT2D eigenvalue weighted by atomic mass is 10.0. The van der Waals surface area contributed by atoms with Crippen molar-refractivity contribution < 1.29 is 0 Å². The molecule has 0 amide bonds. The Bertz CT molecular complexity index is 306. The molecule has 84 valence electrons. The molecule has 3 heteroatoms. The third-order valence-electron chi connectivity index (χ3n) is 3.52. The van der Waals surface area contributed by atoms with Gasteiger partial charge in [0.15, 0.2) is 0 Å². The third kappa shape index (κ3) is 2.59. The number of hydrogen-bond acceptors (Lipinski definition) is 2. The van der Waals surface area contributed by atoms with E-state index >= 15 is 0 Å². The zero-order chi connectivity index (χ0) is 10.7. The van der Waals surface area contributed by atoms with Crippen LogP contribution in [0.2, 0.25) is 0 Å². The molecule has 2 heterocycles. The van der Waals surface area contributed by atoms with Gasteiger partial charge in [-0.05, 0) is 45.8 Å². The van der Waals surface area contributed by atoms with Gasteiger partial charge in [0.2, 0.25) is 0 Å². The summed E-state index contributed by atoms with van der Waals surface area (Å²) < 4.78 is 2.11. The van der Waals surface area contributed by atoms with Crippen molar-refractivity contribution in [1.82, 2.24) is 14.7 Å². The Labute approximate surface area is 92.1 Å². The van der Waals surface area contributed by atoms with E-state index in [1.807, 2.05) is 6.20 Å². The molecule has 0 spiro atoms. The van der Waals surface area contributed by atoms with Gasteiger partial charge < -0.3 is 4.90 Å². The second kappa shape index (κ2) is 4.79. The van der Waals surface area contributed by atoms with Crippen molar-refractivity contribution >= 4 is 0 Å². The monoisotopic (exact) mass is 207 g/mol. The van der Waals surface area contributed by atoms with Gasteiger partial charge in [0, 0.05) is 24.5 Å². The normalized spacial score (nSPS) is 23.2. The Balaban J connectivity index is 1.84. The second-order valence-corrected chi connectivity index (χ2v) is 4.61. The summed E-state index contributed by atoms with van der Waals surface area (Å²) >= 11 is 0. The molecule has 2 rings (SSSR count). The molecule has 15 heavy (non-hydrogen) atoms. The SMILES string of the molecule is Cc1ccnn1CCC1CCCCN1C. The Morgan fingerprint density at radius 1 is 1.47 bits per heavy atom. The van der Waals surface area contributed by atoms with E-state index in [9.17, 15) is 0 Å². The Kier molecular flexibility index (Phi) is 3.41. The largest absolute Gasteiger partial charge is 0.303 e. The van der Waals surface area contributed by atoms with Crippen LogP contribution >= 0.6 is 0 Å². The molecule has 1 aromatic heterocycles. The topological polar surface area (TPSA) is 21.1 Å². The molecule has 0 aromatic carbocycles. The molecule has 1 saturated heterocycles. The Morgan fingerprint density at radius 3 is 3.00 bits per heavy atom.